The zero-order valence-electron chi connectivity index (χ0n) is 20.3. The number of anilines is 1. The van der Waals surface area contributed by atoms with Crippen molar-refractivity contribution in [2.45, 2.75) is 44.1 Å². The van der Waals surface area contributed by atoms with Crippen LogP contribution < -0.4 is 15.4 Å². The van der Waals surface area contributed by atoms with Crippen LogP contribution in [0, 0.1) is 5.82 Å². The van der Waals surface area contributed by atoms with Crippen molar-refractivity contribution in [1.29, 1.82) is 0 Å². The molecular formula is C26H30FN3O6. The lowest BCUT2D eigenvalue weighted by atomic mass is 9.94. The fraction of sp³-hybridized carbons (Fsp3) is 0.423. The number of nitrogens with one attached hydrogen (secondary N) is 2. The molecule has 3 atom stereocenters. The van der Waals surface area contributed by atoms with Gasteiger partial charge in [-0.1, -0.05) is 12.1 Å². The summed E-state index contributed by atoms with van der Waals surface area (Å²) < 4.78 is 30.3. The minimum Gasteiger partial charge on any atom is -0.490 e. The lowest BCUT2D eigenvalue weighted by molar-refractivity contribution is -0.134. The number of amides is 3. The normalized spacial score (nSPS) is 21.4. The first-order valence-corrected chi connectivity index (χ1v) is 11.8. The Hall–Kier alpha value is -3.50. The number of hydrogen-bond donors (Lipinski definition) is 2. The molecule has 10 heteroatoms. The van der Waals surface area contributed by atoms with E-state index in [1.165, 1.54) is 19.2 Å². The van der Waals surface area contributed by atoms with Crippen LogP contribution in [0.2, 0.25) is 0 Å². The van der Waals surface area contributed by atoms with Crippen LogP contribution in [0.3, 0.4) is 0 Å². The molecule has 2 N–H and O–H groups in total. The van der Waals surface area contributed by atoms with E-state index in [-0.39, 0.29) is 61.9 Å². The van der Waals surface area contributed by atoms with Crippen molar-refractivity contribution in [2.24, 2.45) is 0 Å². The van der Waals surface area contributed by atoms with Gasteiger partial charge in [-0.05, 0) is 48.7 Å². The number of methoxy groups -OCH3 is 1. The van der Waals surface area contributed by atoms with E-state index in [2.05, 4.69) is 10.6 Å². The molecule has 1 fully saturated rings. The first-order chi connectivity index (χ1) is 17.3. The molecule has 36 heavy (non-hydrogen) atoms. The smallest absolute Gasteiger partial charge is 0.257 e. The summed E-state index contributed by atoms with van der Waals surface area (Å²) in [4.78, 5) is 39.2. The lowest BCUT2D eigenvalue weighted by Gasteiger charge is -2.42. The Morgan fingerprint density at radius 1 is 1.17 bits per heavy atom. The molecule has 2 aromatic rings. The third kappa shape index (κ3) is 6.19. The summed E-state index contributed by atoms with van der Waals surface area (Å²) in [6, 6.07) is 10.8. The van der Waals surface area contributed by atoms with E-state index in [1.807, 2.05) is 0 Å². The average Bonchev–Trinajstić information content (AvgIpc) is 2.85. The van der Waals surface area contributed by atoms with E-state index < -0.39 is 6.10 Å². The second kappa shape index (κ2) is 11.5. The molecular weight excluding hydrogens is 469 g/mol. The van der Waals surface area contributed by atoms with Gasteiger partial charge in [0.1, 0.15) is 30.9 Å². The Labute approximate surface area is 208 Å². The van der Waals surface area contributed by atoms with Crippen LogP contribution in [0.15, 0.2) is 42.5 Å². The van der Waals surface area contributed by atoms with Crippen LogP contribution in [-0.4, -0.2) is 68.2 Å². The zero-order valence-corrected chi connectivity index (χ0v) is 20.3. The molecule has 3 amide bonds. The van der Waals surface area contributed by atoms with Gasteiger partial charge in [0.25, 0.3) is 5.91 Å². The summed E-state index contributed by atoms with van der Waals surface area (Å²) in [6.07, 6.45) is 0.701. The molecule has 0 spiro atoms. The van der Waals surface area contributed by atoms with Crippen molar-refractivity contribution in [3.05, 3.63) is 59.4 Å². The van der Waals surface area contributed by atoms with E-state index in [9.17, 15) is 18.8 Å². The number of carbonyl (C=O) groups is 3. The monoisotopic (exact) mass is 499 g/mol. The molecule has 2 aliphatic rings. The van der Waals surface area contributed by atoms with Crippen LogP contribution in [0.1, 0.15) is 35.2 Å². The molecule has 2 aliphatic heterocycles. The summed E-state index contributed by atoms with van der Waals surface area (Å²) in [5.74, 6) is -0.699. The Morgan fingerprint density at radius 2 is 2.00 bits per heavy atom. The topological polar surface area (TPSA) is 106 Å². The van der Waals surface area contributed by atoms with Crippen LogP contribution in [0.5, 0.6) is 5.75 Å². The number of fused-ring (bicyclic) bond motifs is 2. The maximum atomic E-state index is 13.3. The molecule has 0 saturated carbocycles. The molecule has 9 nitrogen and oxygen atoms in total. The second-order valence-corrected chi connectivity index (χ2v) is 8.97. The average molecular weight is 500 g/mol. The quantitative estimate of drug-likeness (QED) is 0.607. The van der Waals surface area contributed by atoms with Gasteiger partial charge in [-0.15, -0.1) is 0 Å². The fourth-order valence-corrected chi connectivity index (χ4v) is 4.56. The van der Waals surface area contributed by atoms with Gasteiger partial charge in [-0.3, -0.25) is 14.4 Å². The second-order valence-electron chi connectivity index (χ2n) is 8.97. The third-order valence-electron chi connectivity index (χ3n) is 6.36. The highest BCUT2D eigenvalue weighted by atomic mass is 19.1. The Morgan fingerprint density at radius 3 is 2.78 bits per heavy atom. The number of hydrogen-bond acceptors (Lipinski definition) is 6. The van der Waals surface area contributed by atoms with Gasteiger partial charge in [-0.25, -0.2) is 4.39 Å². The minimum absolute atomic E-state index is 0.0908. The number of ether oxygens (including phenoxy) is 3. The summed E-state index contributed by atoms with van der Waals surface area (Å²) >= 11 is 0. The first kappa shape index (κ1) is 25.6. The van der Waals surface area contributed by atoms with Crippen molar-refractivity contribution >= 4 is 23.4 Å². The number of rotatable bonds is 7. The molecule has 4 rings (SSSR count). The molecule has 0 aliphatic carbocycles. The van der Waals surface area contributed by atoms with E-state index in [1.54, 1.807) is 42.3 Å². The summed E-state index contributed by atoms with van der Waals surface area (Å²) in [5.41, 5.74) is 1.51. The predicted molar refractivity (Wildman–Crippen MR) is 129 cm³/mol. The first-order valence-electron chi connectivity index (χ1n) is 11.8. The van der Waals surface area contributed by atoms with Gasteiger partial charge in [0, 0.05) is 26.4 Å². The third-order valence-corrected chi connectivity index (χ3v) is 6.36. The maximum Gasteiger partial charge on any atom is 0.257 e. The van der Waals surface area contributed by atoms with Crippen molar-refractivity contribution in [3.8, 4) is 5.75 Å². The summed E-state index contributed by atoms with van der Waals surface area (Å²) in [7, 11) is 3.15. The molecule has 0 bridgehead atoms. The Kier molecular flexibility index (Phi) is 8.17. The predicted octanol–water partition coefficient (Wildman–Crippen LogP) is 2.50. The Balaban J connectivity index is 1.37. The van der Waals surface area contributed by atoms with E-state index in [0.29, 0.717) is 35.4 Å². The highest BCUT2D eigenvalue weighted by Crippen LogP contribution is 2.32. The van der Waals surface area contributed by atoms with Gasteiger partial charge < -0.3 is 29.7 Å². The fourth-order valence-electron chi connectivity index (χ4n) is 4.56. The van der Waals surface area contributed by atoms with Crippen LogP contribution in [0.25, 0.3) is 0 Å². The standard InChI is InChI=1S/C26H30FN3O6/c1-30-21-8-7-19(12-24(31)28-13-16-4-3-5-17(27)10-16)36-23(21)14-35-22-9-6-18(11-20(22)26(30)33)29-25(32)15-34-2/h3-6,9-11,19,21,23H,7-8,12-15H2,1-2H3,(H,28,31)(H,29,32)/t19-,21-,23+/m1/s1. The van der Waals surface area contributed by atoms with Crippen molar-refractivity contribution < 1.29 is 33.0 Å². The van der Waals surface area contributed by atoms with Gasteiger partial charge in [0.15, 0.2) is 0 Å². The SMILES string of the molecule is COCC(=O)Nc1ccc2c(c1)C(=O)N(C)[C@@H]1CC[C@H](CC(=O)NCc3cccc(F)c3)O[C@H]1CO2. The number of carbonyl (C=O) groups excluding carboxylic acids is 3. The van der Waals surface area contributed by atoms with E-state index in [0.717, 1.165) is 0 Å². The molecule has 0 radical (unpaired) electrons. The number of benzene rings is 2. The molecule has 2 heterocycles. The van der Waals surface area contributed by atoms with Crippen molar-refractivity contribution in [3.63, 3.8) is 0 Å². The van der Waals surface area contributed by atoms with Gasteiger partial charge in [0.2, 0.25) is 11.8 Å². The van der Waals surface area contributed by atoms with Crippen LogP contribution in [-0.2, 0) is 25.6 Å². The largest absolute Gasteiger partial charge is 0.490 e. The highest BCUT2D eigenvalue weighted by molar-refractivity contribution is 6.00. The highest BCUT2D eigenvalue weighted by Gasteiger charge is 2.39. The molecule has 0 unspecified atom stereocenters. The molecule has 2 aromatic carbocycles. The molecule has 0 aromatic heterocycles. The van der Waals surface area contributed by atoms with E-state index >= 15 is 0 Å². The van der Waals surface area contributed by atoms with Crippen LogP contribution in [0.4, 0.5) is 10.1 Å². The zero-order chi connectivity index (χ0) is 25.7. The van der Waals surface area contributed by atoms with Gasteiger partial charge >= 0.3 is 0 Å². The number of likely N-dealkylation sites (N-methyl/N-ethyl adjacent to an activating group) is 1. The number of halogens is 1. The van der Waals surface area contributed by atoms with Gasteiger partial charge in [-0.2, -0.15) is 0 Å². The summed E-state index contributed by atoms with van der Waals surface area (Å²) in [5, 5.41) is 5.50. The van der Waals surface area contributed by atoms with Crippen molar-refractivity contribution in [2.75, 3.05) is 32.7 Å². The Bertz CT molecular complexity index is 1130. The number of nitrogens with zero attached hydrogens (tertiary/aromatic N) is 1. The van der Waals surface area contributed by atoms with E-state index in [4.69, 9.17) is 14.2 Å². The lowest BCUT2D eigenvalue weighted by Crippen LogP contribution is -2.53. The minimum atomic E-state index is -0.400. The summed E-state index contributed by atoms with van der Waals surface area (Å²) in [6.45, 7) is 0.360. The van der Waals surface area contributed by atoms with Gasteiger partial charge in [0.05, 0.1) is 24.1 Å². The van der Waals surface area contributed by atoms with Crippen LogP contribution >= 0.6 is 0 Å². The van der Waals surface area contributed by atoms with Crippen molar-refractivity contribution in [1.82, 2.24) is 10.2 Å². The molecule has 1 saturated heterocycles. The molecule has 192 valence electrons. The maximum absolute atomic E-state index is 13.3.